The van der Waals surface area contributed by atoms with Crippen molar-refractivity contribution in [2.75, 3.05) is 7.05 Å². The molecule has 0 aliphatic heterocycles. The summed E-state index contributed by atoms with van der Waals surface area (Å²) in [6.45, 7) is 6.04. The molecule has 1 aromatic heterocycles. The minimum atomic E-state index is -0.450. The van der Waals surface area contributed by atoms with E-state index < -0.39 is 4.92 Å². The average molecular weight is 427 g/mol. The van der Waals surface area contributed by atoms with E-state index >= 15 is 0 Å². The van der Waals surface area contributed by atoms with E-state index in [-0.39, 0.29) is 22.8 Å². The monoisotopic (exact) mass is 426 g/mol. The lowest BCUT2D eigenvalue weighted by atomic mass is 10.1. The first kappa shape index (κ1) is 21.5. The van der Waals surface area contributed by atoms with E-state index in [1.54, 1.807) is 30.8 Å². The fraction of sp³-hybridized carbons (Fsp3) is 0.273. The molecule has 8 heteroatoms. The van der Waals surface area contributed by atoms with Crippen molar-refractivity contribution in [1.82, 2.24) is 14.7 Å². The average Bonchev–Trinajstić information content (AvgIpc) is 3.01. The summed E-state index contributed by atoms with van der Waals surface area (Å²) in [5.41, 5.74) is 3.72. The zero-order chi connectivity index (χ0) is 22.0. The van der Waals surface area contributed by atoms with Gasteiger partial charge in [-0.15, -0.1) is 0 Å². The van der Waals surface area contributed by atoms with Gasteiger partial charge >= 0.3 is 0 Å². The number of hydrogen-bond acceptors (Lipinski definition) is 4. The summed E-state index contributed by atoms with van der Waals surface area (Å²) in [5, 5.41) is 15.8. The molecular formula is C22H23ClN4O3. The van der Waals surface area contributed by atoms with Crippen molar-refractivity contribution >= 4 is 23.2 Å². The molecule has 0 saturated carbocycles. The van der Waals surface area contributed by atoms with E-state index in [1.165, 1.54) is 17.0 Å². The van der Waals surface area contributed by atoms with Gasteiger partial charge in [0.15, 0.2) is 0 Å². The van der Waals surface area contributed by atoms with Crippen molar-refractivity contribution < 1.29 is 9.72 Å². The number of amides is 1. The Balaban J connectivity index is 1.85. The molecule has 30 heavy (non-hydrogen) atoms. The number of carbonyl (C=O) groups excluding carboxylic acids is 1. The number of halogens is 1. The number of aryl methyl sites for hydroxylation is 2. The highest BCUT2D eigenvalue weighted by atomic mass is 35.5. The fourth-order valence-corrected chi connectivity index (χ4v) is 3.56. The van der Waals surface area contributed by atoms with Crippen molar-refractivity contribution in [3.05, 3.63) is 91.7 Å². The second-order valence-electron chi connectivity index (χ2n) is 7.34. The molecule has 0 aliphatic carbocycles. The maximum absolute atomic E-state index is 13.2. The first-order valence-electron chi connectivity index (χ1n) is 9.49. The Bertz CT molecular complexity index is 1090. The maximum Gasteiger partial charge on any atom is 0.269 e. The highest BCUT2D eigenvalue weighted by Crippen LogP contribution is 2.28. The summed E-state index contributed by atoms with van der Waals surface area (Å²) in [7, 11) is 1.65. The first-order valence-corrected chi connectivity index (χ1v) is 9.86. The van der Waals surface area contributed by atoms with Crippen LogP contribution in [0.15, 0.2) is 48.5 Å². The largest absolute Gasteiger partial charge is 0.335 e. The second-order valence-corrected chi connectivity index (χ2v) is 7.70. The summed E-state index contributed by atoms with van der Waals surface area (Å²) in [5.74, 6) is -0.285. The van der Waals surface area contributed by atoms with E-state index in [4.69, 9.17) is 11.6 Å². The first-order chi connectivity index (χ1) is 14.2. The number of rotatable bonds is 6. The van der Waals surface area contributed by atoms with Gasteiger partial charge in [-0.05, 0) is 31.9 Å². The lowest BCUT2D eigenvalue weighted by Crippen LogP contribution is -2.30. The summed E-state index contributed by atoms with van der Waals surface area (Å²) >= 11 is 6.53. The lowest BCUT2D eigenvalue weighted by Gasteiger charge is -2.25. The van der Waals surface area contributed by atoms with Crippen molar-refractivity contribution in [2.24, 2.45) is 0 Å². The van der Waals surface area contributed by atoms with E-state index in [2.05, 4.69) is 5.10 Å². The van der Waals surface area contributed by atoms with Crippen LogP contribution in [0.5, 0.6) is 0 Å². The fourth-order valence-electron chi connectivity index (χ4n) is 3.24. The molecule has 2 aromatic carbocycles. The van der Waals surface area contributed by atoms with Crippen LogP contribution < -0.4 is 0 Å². The molecule has 3 aromatic rings. The Morgan fingerprint density at radius 3 is 2.53 bits per heavy atom. The third-order valence-corrected chi connectivity index (χ3v) is 5.58. The smallest absolute Gasteiger partial charge is 0.269 e. The molecule has 156 valence electrons. The minimum Gasteiger partial charge on any atom is -0.335 e. The molecule has 0 spiro atoms. The van der Waals surface area contributed by atoms with Crippen LogP contribution in [0, 0.1) is 24.0 Å². The molecule has 1 amide bonds. The third kappa shape index (κ3) is 4.36. The highest BCUT2D eigenvalue weighted by Gasteiger charge is 2.27. The molecular weight excluding hydrogens is 404 g/mol. The summed E-state index contributed by atoms with van der Waals surface area (Å²) < 4.78 is 1.61. The molecule has 0 fully saturated rings. The topological polar surface area (TPSA) is 81.3 Å². The van der Waals surface area contributed by atoms with Gasteiger partial charge in [-0.25, -0.2) is 4.68 Å². The van der Waals surface area contributed by atoms with Gasteiger partial charge in [0, 0.05) is 19.2 Å². The number of nitrogens with zero attached hydrogens (tertiary/aromatic N) is 4. The SMILES string of the molecule is Cc1ccc(Cn2nc(C)c(C(=O)N(C)C(C)c3cccc([N+](=O)[O-])c3)c2Cl)cc1. The summed E-state index contributed by atoms with van der Waals surface area (Å²) in [6.07, 6.45) is 0. The molecule has 3 rings (SSSR count). The van der Waals surface area contributed by atoms with Crippen LogP contribution in [0.25, 0.3) is 0 Å². The second kappa shape index (κ2) is 8.67. The Morgan fingerprint density at radius 2 is 1.90 bits per heavy atom. The summed E-state index contributed by atoms with van der Waals surface area (Å²) in [6, 6.07) is 13.9. The van der Waals surface area contributed by atoms with E-state index in [0.29, 0.717) is 23.4 Å². The molecule has 1 unspecified atom stereocenters. The van der Waals surface area contributed by atoms with Crippen LogP contribution in [0.3, 0.4) is 0 Å². The number of nitro benzene ring substituents is 1. The number of nitro groups is 1. The van der Waals surface area contributed by atoms with Crippen LogP contribution in [-0.2, 0) is 6.54 Å². The zero-order valence-corrected chi connectivity index (χ0v) is 18.1. The van der Waals surface area contributed by atoms with Gasteiger partial charge in [0.05, 0.1) is 28.8 Å². The number of aromatic nitrogens is 2. The predicted molar refractivity (Wildman–Crippen MR) is 116 cm³/mol. The quantitative estimate of drug-likeness (QED) is 0.412. The molecule has 1 heterocycles. The maximum atomic E-state index is 13.2. The number of non-ortho nitro benzene ring substituents is 1. The molecule has 0 radical (unpaired) electrons. The molecule has 0 aliphatic rings. The molecule has 0 saturated heterocycles. The van der Waals surface area contributed by atoms with Gasteiger partial charge in [0.2, 0.25) is 0 Å². The Labute approximate surface area is 180 Å². The van der Waals surface area contributed by atoms with Crippen LogP contribution in [0.2, 0.25) is 5.15 Å². The lowest BCUT2D eigenvalue weighted by molar-refractivity contribution is -0.384. The van der Waals surface area contributed by atoms with Crippen LogP contribution in [0.1, 0.15) is 45.7 Å². The number of benzene rings is 2. The molecule has 0 bridgehead atoms. The summed E-state index contributed by atoms with van der Waals surface area (Å²) in [4.78, 5) is 25.3. The van der Waals surface area contributed by atoms with E-state index in [1.807, 2.05) is 38.1 Å². The standard InChI is InChI=1S/C22H23ClN4O3/c1-14-8-10-17(11-9-14)13-26-21(23)20(15(2)24-26)22(28)25(4)16(3)18-6-5-7-19(12-18)27(29)30/h5-12,16H,13H2,1-4H3. The molecule has 1 atom stereocenters. The van der Waals surface area contributed by atoms with Crippen molar-refractivity contribution in [3.63, 3.8) is 0 Å². The van der Waals surface area contributed by atoms with Crippen LogP contribution >= 0.6 is 11.6 Å². The van der Waals surface area contributed by atoms with Gasteiger partial charge in [-0.1, -0.05) is 53.6 Å². The minimum absolute atomic E-state index is 0.0136. The van der Waals surface area contributed by atoms with Gasteiger partial charge in [0.1, 0.15) is 5.15 Å². The Hall–Kier alpha value is -3.19. The van der Waals surface area contributed by atoms with Crippen molar-refractivity contribution in [3.8, 4) is 0 Å². The predicted octanol–water partition coefficient (Wildman–Crippen LogP) is 4.94. The third-order valence-electron chi connectivity index (χ3n) is 5.20. The number of carbonyl (C=O) groups is 1. The van der Waals surface area contributed by atoms with Gasteiger partial charge in [0.25, 0.3) is 11.6 Å². The van der Waals surface area contributed by atoms with Gasteiger partial charge < -0.3 is 4.90 Å². The van der Waals surface area contributed by atoms with E-state index in [0.717, 1.165) is 11.1 Å². The Morgan fingerprint density at radius 1 is 1.23 bits per heavy atom. The van der Waals surface area contributed by atoms with Crippen molar-refractivity contribution in [1.29, 1.82) is 0 Å². The van der Waals surface area contributed by atoms with Gasteiger partial charge in [-0.3, -0.25) is 14.9 Å². The normalized spacial score (nSPS) is 11.9. The highest BCUT2D eigenvalue weighted by molar-refractivity contribution is 6.33. The van der Waals surface area contributed by atoms with Crippen LogP contribution in [-0.4, -0.2) is 32.6 Å². The molecule has 7 nitrogen and oxygen atoms in total. The van der Waals surface area contributed by atoms with E-state index in [9.17, 15) is 14.9 Å². The number of hydrogen-bond donors (Lipinski definition) is 0. The van der Waals surface area contributed by atoms with Crippen LogP contribution in [0.4, 0.5) is 5.69 Å². The van der Waals surface area contributed by atoms with Crippen molar-refractivity contribution in [2.45, 2.75) is 33.4 Å². The zero-order valence-electron chi connectivity index (χ0n) is 17.3. The Kier molecular flexibility index (Phi) is 6.22. The van der Waals surface area contributed by atoms with Gasteiger partial charge in [-0.2, -0.15) is 5.10 Å². The molecule has 0 N–H and O–H groups in total.